The standard InChI is InChI=1S/C28H23ClN4O/c1-18-15-30-17-33(19(18)2)27-10-8-22(16-32-27)26(34)14-20-7-9-25(29)24(13-20)28-23-6-4-3-5-21(23)11-12-31-28/h3-13,15-17,19H,14H2,1-2H3. The summed E-state index contributed by atoms with van der Waals surface area (Å²) in [4.78, 5) is 28.4. The fourth-order valence-corrected chi connectivity index (χ4v) is 4.30. The van der Waals surface area contributed by atoms with Gasteiger partial charge in [0, 0.05) is 46.6 Å². The number of rotatable bonds is 5. The molecule has 0 fully saturated rings. The molecule has 2 aromatic heterocycles. The number of nitrogens with zero attached hydrogens (tertiary/aromatic N) is 4. The molecule has 0 radical (unpaired) electrons. The van der Waals surface area contributed by atoms with Gasteiger partial charge in [0.1, 0.15) is 5.82 Å². The number of benzene rings is 2. The maximum absolute atomic E-state index is 13.0. The van der Waals surface area contributed by atoms with Crippen molar-refractivity contribution in [1.29, 1.82) is 0 Å². The van der Waals surface area contributed by atoms with Gasteiger partial charge in [0.15, 0.2) is 5.78 Å². The summed E-state index contributed by atoms with van der Waals surface area (Å²) in [7, 11) is 0. The fraction of sp³-hybridized carbons (Fsp3) is 0.143. The van der Waals surface area contributed by atoms with Crippen molar-refractivity contribution < 1.29 is 4.79 Å². The van der Waals surface area contributed by atoms with Gasteiger partial charge in [0.05, 0.1) is 18.1 Å². The molecule has 0 N–H and O–H groups in total. The number of anilines is 1. The van der Waals surface area contributed by atoms with E-state index in [1.54, 1.807) is 18.7 Å². The molecule has 1 aliphatic heterocycles. The maximum Gasteiger partial charge on any atom is 0.168 e. The summed E-state index contributed by atoms with van der Waals surface area (Å²) in [5, 5.41) is 2.72. The monoisotopic (exact) mass is 466 g/mol. The Morgan fingerprint density at radius 3 is 2.74 bits per heavy atom. The van der Waals surface area contributed by atoms with E-state index in [1.807, 2.05) is 78.7 Å². The van der Waals surface area contributed by atoms with Crippen molar-refractivity contribution in [3.63, 3.8) is 0 Å². The molecule has 34 heavy (non-hydrogen) atoms. The molecule has 0 saturated carbocycles. The van der Waals surface area contributed by atoms with Crippen LogP contribution >= 0.6 is 11.6 Å². The van der Waals surface area contributed by atoms with E-state index in [-0.39, 0.29) is 18.2 Å². The van der Waals surface area contributed by atoms with E-state index in [4.69, 9.17) is 11.6 Å². The Bertz CT molecular complexity index is 1440. The SMILES string of the molecule is CC1=CN=CN(c2ccc(C(=O)Cc3ccc(Cl)c(-c4nccc5ccccc45)c3)cn2)C1C. The van der Waals surface area contributed by atoms with Crippen LogP contribution in [0.4, 0.5) is 5.82 Å². The first-order valence-electron chi connectivity index (χ1n) is 11.1. The van der Waals surface area contributed by atoms with Gasteiger partial charge in [-0.05, 0) is 60.7 Å². The van der Waals surface area contributed by atoms with Crippen LogP contribution in [0.5, 0.6) is 0 Å². The van der Waals surface area contributed by atoms with Crippen LogP contribution in [0.25, 0.3) is 22.0 Å². The molecule has 0 aliphatic carbocycles. The Hall–Kier alpha value is -3.83. The van der Waals surface area contributed by atoms with Crippen LogP contribution in [0.1, 0.15) is 29.8 Å². The Kier molecular flexibility index (Phi) is 5.95. The summed E-state index contributed by atoms with van der Waals surface area (Å²) in [6, 6.07) is 19.6. The Balaban J connectivity index is 1.38. The summed E-state index contributed by atoms with van der Waals surface area (Å²) in [6.45, 7) is 4.14. The molecule has 3 heterocycles. The lowest BCUT2D eigenvalue weighted by atomic mass is 9.98. The van der Waals surface area contributed by atoms with E-state index in [2.05, 4.69) is 21.9 Å². The molecule has 5 rings (SSSR count). The first-order chi connectivity index (χ1) is 16.5. The lowest BCUT2D eigenvalue weighted by Gasteiger charge is -2.28. The first-order valence-corrected chi connectivity index (χ1v) is 11.5. The average Bonchev–Trinajstić information content (AvgIpc) is 2.87. The number of halogens is 1. The van der Waals surface area contributed by atoms with E-state index < -0.39 is 0 Å². The molecule has 4 aromatic rings. The quantitative estimate of drug-likeness (QED) is 0.314. The van der Waals surface area contributed by atoms with Crippen LogP contribution in [0.2, 0.25) is 5.02 Å². The summed E-state index contributed by atoms with van der Waals surface area (Å²) in [6.07, 6.45) is 7.28. The second-order valence-electron chi connectivity index (χ2n) is 8.42. The minimum atomic E-state index is -0.00497. The van der Waals surface area contributed by atoms with Crippen LogP contribution in [-0.4, -0.2) is 28.1 Å². The summed E-state index contributed by atoms with van der Waals surface area (Å²) in [5.74, 6) is 0.755. The van der Waals surface area contributed by atoms with Crippen molar-refractivity contribution in [2.75, 3.05) is 4.90 Å². The zero-order valence-corrected chi connectivity index (χ0v) is 19.7. The third kappa shape index (κ3) is 4.22. The van der Waals surface area contributed by atoms with Crippen LogP contribution < -0.4 is 4.90 Å². The van der Waals surface area contributed by atoms with E-state index in [0.717, 1.165) is 39.0 Å². The third-order valence-corrected chi connectivity index (χ3v) is 6.53. The molecule has 6 heteroatoms. The highest BCUT2D eigenvalue weighted by molar-refractivity contribution is 6.33. The second-order valence-corrected chi connectivity index (χ2v) is 8.83. The van der Waals surface area contributed by atoms with E-state index in [0.29, 0.717) is 10.6 Å². The first kappa shape index (κ1) is 22.0. The number of pyridine rings is 2. The number of Topliss-reactive ketones (excluding diaryl/α,β-unsaturated/α-hetero) is 1. The normalized spacial score (nSPS) is 15.4. The number of aliphatic imine (C=N–C) groups is 1. The number of carbonyl (C=O) groups is 1. The van der Waals surface area contributed by atoms with Crippen molar-refractivity contribution in [1.82, 2.24) is 9.97 Å². The van der Waals surface area contributed by atoms with Crippen LogP contribution in [0, 0.1) is 0 Å². The van der Waals surface area contributed by atoms with Crippen molar-refractivity contribution in [2.24, 2.45) is 4.99 Å². The Morgan fingerprint density at radius 2 is 1.91 bits per heavy atom. The third-order valence-electron chi connectivity index (χ3n) is 6.20. The molecule has 0 saturated heterocycles. The molecule has 2 aromatic carbocycles. The predicted molar refractivity (Wildman–Crippen MR) is 139 cm³/mol. The number of carbonyl (C=O) groups excluding carboxylic acids is 1. The zero-order chi connectivity index (χ0) is 23.7. The van der Waals surface area contributed by atoms with Crippen molar-refractivity contribution in [3.8, 4) is 11.3 Å². The van der Waals surface area contributed by atoms with Gasteiger partial charge in [0.2, 0.25) is 0 Å². The smallest absolute Gasteiger partial charge is 0.168 e. The predicted octanol–water partition coefficient (Wildman–Crippen LogP) is 6.52. The van der Waals surface area contributed by atoms with E-state index in [9.17, 15) is 4.79 Å². The minimum absolute atomic E-state index is 0.00497. The molecular weight excluding hydrogens is 444 g/mol. The molecule has 168 valence electrons. The molecule has 0 amide bonds. The van der Waals surface area contributed by atoms with Gasteiger partial charge in [-0.1, -0.05) is 41.9 Å². The summed E-state index contributed by atoms with van der Waals surface area (Å²) >= 11 is 6.54. The number of ketones is 1. The average molecular weight is 467 g/mol. The summed E-state index contributed by atoms with van der Waals surface area (Å²) < 4.78 is 0. The zero-order valence-electron chi connectivity index (χ0n) is 18.9. The van der Waals surface area contributed by atoms with Gasteiger partial charge in [-0.2, -0.15) is 0 Å². The maximum atomic E-state index is 13.0. The number of aromatic nitrogens is 2. The van der Waals surface area contributed by atoms with Gasteiger partial charge < -0.3 is 4.90 Å². The van der Waals surface area contributed by atoms with Gasteiger partial charge in [-0.25, -0.2) is 9.98 Å². The molecule has 5 nitrogen and oxygen atoms in total. The highest BCUT2D eigenvalue weighted by Gasteiger charge is 2.19. The van der Waals surface area contributed by atoms with Crippen LogP contribution in [0.3, 0.4) is 0 Å². The van der Waals surface area contributed by atoms with E-state index >= 15 is 0 Å². The van der Waals surface area contributed by atoms with Crippen LogP contribution in [-0.2, 0) is 6.42 Å². The molecule has 0 bridgehead atoms. The molecular formula is C28H23ClN4O. The highest BCUT2D eigenvalue weighted by Crippen LogP contribution is 2.33. The van der Waals surface area contributed by atoms with Gasteiger partial charge >= 0.3 is 0 Å². The molecule has 1 aliphatic rings. The van der Waals surface area contributed by atoms with Crippen molar-refractivity contribution in [3.05, 3.63) is 101 Å². The molecule has 1 unspecified atom stereocenters. The topological polar surface area (TPSA) is 58.5 Å². The number of hydrogen-bond donors (Lipinski definition) is 0. The van der Waals surface area contributed by atoms with Gasteiger partial charge in [-0.15, -0.1) is 0 Å². The molecule has 1 atom stereocenters. The second kappa shape index (κ2) is 9.20. The lowest BCUT2D eigenvalue weighted by molar-refractivity contribution is 0.0992. The van der Waals surface area contributed by atoms with Gasteiger partial charge in [-0.3, -0.25) is 9.78 Å². The van der Waals surface area contributed by atoms with Gasteiger partial charge in [0.25, 0.3) is 0 Å². The van der Waals surface area contributed by atoms with E-state index in [1.165, 1.54) is 0 Å². The Labute approximate surface area is 203 Å². The lowest BCUT2D eigenvalue weighted by Crippen LogP contribution is -2.35. The largest absolute Gasteiger partial charge is 0.310 e. The number of hydrogen-bond acceptors (Lipinski definition) is 5. The number of fused-ring (bicyclic) bond motifs is 1. The van der Waals surface area contributed by atoms with Crippen LogP contribution in [0.15, 0.2) is 89.8 Å². The van der Waals surface area contributed by atoms with Crippen molar-refractivity contribution in [2.45, 2.75) is 26.3 Å². The van der Waals surface area contributed by atoms with Crippen molar-refractivity contribution >= 4 is 40.3 Å². The fourth-order valence-electron chi connectivity index (χ4n) is 4.10. The summed E-state index contributed by atoms with van der Waals surface area (Å²) in [5.41, 5.74) is 4.23. The molecule has 0 spiro atoms. The minimum Gasteiger partial charge on any atom is -0.310 e. The highest BCUT2D eigenvalue weighted by atomic mass is 35.5. The Morgan fingerprint density at radius 1 is 1.06 bits per heavy atom.